The summed E-state index contributed by atoms with van der Waals surface area (Å²) in [5.74, 6) is -0.380. The Morgan fingerprint density at radius 2 is 1.91 bits per heavy atom. The van der Waals surface area contributed by atoms with Gasteiger partial charge in [-0.1, -0.05) is 11.6 Å². The summed E-state index contributed by atoms with van der Waals surface area (Å²) >= 11 is 5.86. The molecule has 1 amide bonds. The highest BCUT2D eigenvalue weighted by atomic mass is 35.5. The minimum absolute atomic E-state index is 0.214. The third kappa shape index (κ3) is 6.31. The number of nitrogens with zero attached hydrogens (tertiary/aromatic N) is 2. The molecule has 0 saturated carbocycles. The molecule has 0 radical (unpaired) electrons. The molecule has 8 heteroatoms. The van der Waals surface area contributed by atoms with Crippen molar-refractivity contribution >= 4 is 33.2 Å². The van der Waals surface area contributed by atoms with Gasteiger partial charge in [-0.2, -0.15) is 4.31 Å². The zero-order valence-corrected chi connectivity index (χ0v) is 14.8. The van der Waals surface area contributed by atoms with Crippen LogP contribution in [0.3, 0.4) is 0 Å². The summed E-state index contributed by atoms with van der Waals surface area (Å²) in [6, 6.07) is 5.10. The largest absolute Gasteiger partial charge is 0.325 e. The Bertz CT molecular complexity index is 632. The van der Waals surface area contributed by atoms with Crippen LogP contribution in [0, 0.1) is 6.92 Å². The fourth-order valence-corrected chi connectivity index (χ4v) is 2.78. The molecule has 1 aromatic carbocycles. The number of likely N-dealkylation sites (N-methyl/N-ethyl adjacent to an activating group) is 1. The number of hydrogen-bond donors (Lipinski definition) is 1. The van der Waals surface area contributed by atoms with Crippen LogP contribution >= 0.6 is 11.6 Å². The van der Waals surface area contributed by atoms with Gasteiger partial charge in [0.1, 0.15) is 0 Å². The third-order valence-corrected chi connectivity index (χ3v) is 4.53. The van der Waals surface area contributed by atoms with Crippen molar-refractivity contribution in [3.8, 4) is 0 Å². The lowest BCUT2D eigenvalue weighted by molar-refractivity contribution is -0.116. The highest BCUT2D eigenvalue weighted by molar-refractivity contribution is 7.88. The second-order valence-corrected chi connectivity index (χ2v) is 7.83. The summed E-state index contributed by atoms with van der Waals surface area (Å²) in [7, 11) is 0.250. The first-order valence-electron chi connectivity index (χ1n) is 6.75. The number of amides is 1. The fourth-order valence-electron chi connectivity index (χ4n) is 1.79. The van der Waals surface area contributed by atoms with E-state index in [0.717, 1.165) is 16.1 Å². The molecule has 0 spiro atoms. The Kier molecular flexibility index (Phi) is 6.80. The lowest BCUT2D eigenvalue weighted by Gasteiger charge is -2.21. The van der Waals surface area contributed by atoms with Gasteiger partial charge in [-0.05, 0) is 44.8 Å². The van der Waals surface area contributed by atoms with E-state index >= 15 is 0 Å². The lowest BCUT2D eigenvalue weighted by atomic mass is 10.2. The first-order chi connectivity index (χ1) is 10.1. The molecule has 1 aromatic rings. The van der Waals surface area contributed by atoms with Crippen molar-refractivity contribution in [1.29, 1.82) is 0 Å². The van der Waals surface area contributed by atoms with Crippen molar-refractivity contribution in [3.05, 3.63) is 28.8 Å². The molecule has 0 fully saturated rings. The highest BCUT2D eigenvalue weighted by Gasteiger charge is 2.20. The van der Waals surface area contributed by atoms with Gasteiger partial charge in [-0.15, -0.1) is 0 Å². The number of sulfonamides is 1. The first-order valence-corrected chi connectivity index (χ1v) is 8.98. The smallest absolute Gasteiger partial charge is 0.239 e. The molecule has 124 valence electrons. The number of halogens is 1. The van der Waals surface area contributed by atoms with Crippen molar-refractivity contribution in [3.63, 3.8) is 0 Å². The van der Waals surface area contributed by atoms with Crippen LogP contribution in [0.2, 0.25) is 5.02 Å². The first kappa shape index (κ1) is 18.9. The summed E-state index contributed by atoms with van der Waals surface area (Å²) in [5.41, 5.74) is 1.44. The predicted octanol–water partition coefficient (Wildman–Crippen LogP) is 1.41. The number of carbonyl (C=O) groups is 1. The van der Waals surface area contributed by atoms with E-state index in [1.165, 1.54) is 0 Å². The number of hydrogen-bond acceptors (Lipinski definition) is 4. The molecule has 0 unspecified atom stereocenters. The molecule has 0 saturated heterocycles. The average molecular weight is 348 g/mol. The molecular weight excluding hydrogens is 326 g/mol. The summed E-state index contributed by atoms with van der Waals surface area (Å²) in [6.07, 6.45) is 1.10. The highest BCUT2D eigenvalue weighted by Crippen LogP contribution is 2.19. The predicted molar refractivity (Wildman–Crippen MR) is 89.8 cm³/mol. The van der Waals surface area contributed by atoms with Gasteiger partial charge in [0, 0.05) is 23.8 Å². The maximum atomic E-state index is 12.1. The van der Waals surface area contributed by atoms with Crippen LogP contribution < -0.4 is 5.32 Å². The second-order valence-electron chi connectivity index (χ2n) is 5.41. The average Bonchev–Trinajstić information content (AvgIpc) is 2.36. The van der Waals surface area contributed by atoms with Crippen molar-refractivity contribution in [1.82, 2.24) is 9.21 Å². The number of benzene rings is 1. The number of nitrogens with one attached hydrogen (secondary N) is 1. The minimum atomic E-state index is -3.44. The standard InChI is InChI=1S/C14H22ClN3O3S/c1-11-9-12(15)5-6-13(11)16-14(19)10-18(22(4,20)21)8-7-17(2)3/h5-6,9H,7-8,10H2,1-4H3,(H,16,19). The molecule has 1 N–H and O–H groups in total. The Morgan fingerprint density at radius 3 is 2.41 bits per heavy atom. The lowest BCUT2D eigenvalue weighted by Crippen LogP contribution is -2.41. The zero-order chi connectivity index (χ0) is 16.9. The van der Waals surface area contributed by atoms with Crippen molar-refractivity contribution in [2.75, 3.05) is 45.3 Å². The van der Waals surface area contributed by atoms with E-state index in [9.17, 15) is 13.2 Å². The Labute approximate surface area is 137 Å². The molecule has 0 atom stereocenters. The second kappa shape index (κ2) is 7.92. The van der Waals surface area contributed by atoms with Crippen LogP contribution in [-0.2, 0) is 14.8 Å². The van der Waals surface area contributed by atoms with Crippen LogP contribution in [0.1, 0.15) is 5.56 Å². The molecule has 0 bridgehead atoms. The van der Waals surface area contributed by atoms with Gasteiger partial charge in [0.15, 0.2) is 0 Å². The topological polar surface area (TPSA) is 69.7 Å². The summed E-state index contributed by atoms with van der Waals surface area (Å²) in [6.45, 7) is 2.41. The van der Waals surface area contributed by atoms with Crippen LogP contribution in [0.4, 0.5) is 5.69 Å². The zero-order valence-electron chi connectivity index (χ0n) is 13.3. The quantitative estimate of drug-likeness (QED) is 0.809. The van der Waals surface area contributed by atoms with Crippen LogP contribution in [0.15, 0.2) is 18.2 Å². The van der Waals surface area contributed by atoms with E-state index in [1.54, 1.807) is 18.2 Å². The molecule has 0 aliphatic heterocycles. The molecule has 0 aliphatic rings. The van der Waals surface area contributed by atoms with Gasteiger partial charge in [-0.25, -0.2) is 8.42 Å². The van der Waals surface area contributed by atoms with Gasteiger partial charge in [0.2, 0.25) is 15.9 Å². The maximum Gasteiger partial charge on any atom is 0.239 e. The van der Waals surface area contributed by atoms with Crippen molar-refractivity contribution in [2.24, 2.45) is 0 Å². The number of carbonyl (C=O) groups excluding carboxylic acids is 1. The summed E-state index contributed by atoms with van der Waals surface area (Å²) in [5, 5.41) is 3.29. The van der Waals surface area contributed by atoms with E-state index in [4.69, 9.17) is 11.6 Å². The van der Waals surface area contributed by atoms with Crippen molar-refractivity contribution in [2.45, 2.75) is 6.92 Å². The minimum Gasteiger partial charge on any atom is -0.325 e. The SMILES string of the molecule is Cc1cc(Cl)ccc1NC(=O)CN(CCN(C)C)S(C)(=O)=O. The van der Waals surface area contributed by atoms with Gasteiger partial charge >= 0.3 is 0 Å². The Morgan fingerprint density at radius 1 is 1.27 bits per heavy atom. The van der Waals surface area contributed by atoms with Gasteiger partial charge < -0.3 is 10.2 Å². The maximum absolute atomic E-state index is 12.1. The van der Waals surface area contributed by atoms with Gasteiger partial charge in [0.25, 0.3) is 0 Å². The van der Waals surface area contributed by atoms with Crippen LogP contribution in [-0.4, -0.2) is 63.5 Å². The van der Waals surface area contributed by atoms with Crippen LogP contribution in [0.25, 0.3) is 0 Å². The van der Waals surface area contributed by atoms with E-state index in [-0.39, 0.29) is 19.0 Å². The van der Waals surface area contributed by atoms with E-state index in [1.807, 2.05) is 25.9 Å². The summed E-state index contributed by atoms with van der Waals surface area (Å²) in [4.78, 5) is 13.9. The number of anilines is 1. The van der Waals surface area contributed by atoms with Gasteiger partial charge in [0.05, 0.1) is 12.8 Å². The Hall–Kier alpha value is -1.15. The molecule has 0 heterocycles. The summed E-state index contributed by atoms with van der Waals surface area (Å²) < 4.78 is 24.7. The van der Waals surface area contributed by atoms with Crippen LogP contribution in [0.5, 0.6) is 0 Å². The monoisotopic (exact) mass is 347 g/mol. The molecule has 1 rings (SSSR count). The molecule has 0 aromatic heterocycles. The molecular formula is C14H22ClN3O3S. The molecule has 6 nitrogen and oxygen atoms in total. The third-order valence-electron chi connectivity index (χ3n) is 3.05. The number of rotatable bonds is 7. The van der Waals surface area contributed by atoms with E-state index in [0.29, 0.717) is 17.3 Å². The molecule has 0 aliphatic carbocycles. The Balaban J connectivity index is 2.74. The van der Waals surface area contributed by atoms with Gasteiger partial charge in [-0.3, -0.25) is 4.79 Å². The van der Waals surface area contributed by atoms with E-state index in [2.05, 4.69) is 5.32 Å². The van der Waals surface area contributed by atoms with Crippen molar-refractivity contribution < 1.29 is 13.2 Å². The van der Waals surface area contributed by atoms with E-state index < -0.39 is 10.0 Å². The number of aryl methyl sites for hydroxylation is 1. The fraction of sp³-hybridized carbons (Fsp3) is 0.500. The normalized spacial score (nSPS) is 12.0. The molecule has 22 heavy (non-hydrogen) atoms.